The van der Waals surface area contributed by atoms with Crippen LogP contribution in [-0.2, 0) is 11.3 Å². The molecule has 1 aliphatic heterocycles. The molecule has 176 valence electrons. The zero-order valence-corrected chi connectivity index (χ0v) is 17.4. The number of rotatable bonds is 6. The van der Waals surface area contributed by atoms with Crippen molar-refractivity contribution in [3.63, 3.8) is 0 Å². The number of nitrogens with zero attached hydrogens (tertiary/aromatic N) is 1. The fourth-order valence-corrected chi connectivity index (χ4v) is 3.26. The summed E-state index contributed by atoms with van der Waals surface area (Å²) in [7, 11) is 0. The van der Waals surface area contributed by atoms with Crippen LogP contribution < -0.4 is 14.8 Å². The number of hydrogen-bond donors (Lipinski definition) is 2. The predicted octanol–water partition coefficient (Wildman–Crippen LogP) is 4.13. The third kappa shape index (κ3) is 5.27. The molecule has 0 spiro atoms. The van der Waals surface area contributed by atoms with Gasteiger partial charge in [0.15, 0.2) is 23.4 Å². The van der Waals surface area contributed by atoms with Crippen molar-refractivity contribution in [3.05, 3.63) is 57.6 Å². The average Bonchev–Trinajstić information content (AvgIpc) is 3.13. The molecule has 0 fully saturated rings. The first-order valence-electron chi connectivity index (χ1n) is 9.06. The van der Waals surface area contributed by atoms with Gasteiger partial charge in [-0.05, 0) is 31.2 Å². The number of nitriles is 1. The van der Waals surface area contributed by atoms with E-state index in [9.17, 15) is 37.1 Å². The van der Waals surface area contributed by atoms with E-state index in [1.807, 2.05) is 0 Å². The monoisotopic (exact) mass is 492 g/mol. The molecule has 0 bridgehead atoms. The standard InChI is InChI=1S/C20H14ClF5N2O5/c1-19(7-27,28-17(29)9-2-4-10(5-3-9)33-20(24,25)26)8-32-16-13(21)12-11(6-31-18(12)30)14(22)15(16)23/h2-5,18,30H,6,8H2,1H3,(H,28,29). The van der Waals surface area contributed by atoms with Gasteiger partial charge >= 0.3 is 6.36 Å². The highest BCUT2D eigenvalue weighted by Gasteiger charge is 2.35. The van der Waals surface area contributed by atoms with Gasteiger partial charge in [-0.25, -0.2) is 4.39 Å². The number of amides is 1. The van der Waals surface area contributed by atoms with Crippen LogP contribution in [0.2, 0.25) is 5.02 Å². The second-order valence-electron chi connectivity index (χ2n) is 7.09. The number of hydrogen-bond acceptors (Lipinski definition) is 6. The first-order chi connectivity index (χ1) is 15.3. The molecule has 1 heterocycles. The highest BCUT2D eigenvalue weighted by atomic mass is 35.5. The molecule has 2 aromatic rings. The van der Waals surface area contributed by atoms with Crippen molar-refractivity contribution in [1.82, 2.24) is 5.32 Å². The molecule has 7 nitrogen and oxygen atoms in total. The minimum atomic E-state index is -4.91. The van der Waals surface area contributed by atoms with Crippen LogP contribution in [0.15, 0.2) is 24.3 Å². The molecule has 2 unspecified atom stereocenters. The van der Waals surface area contributed by atoms with Gasteiger partial charge in [-0.1, -0.05) is 11.6 Å². The molecule has 3 rings (SSSR count). The summed E-state index contributed by atoms with van der Waals surface area (Å²) in [6, 6.07) is 5.61. The maximum Gasteiger partial charge on any atom is 0.573 e. The van der Waals surface area contributed by atoms with Crippen LogP contribution in [0.25, 0.3) is 0 Å². The van der Waals surface area contributed by atoms with Crippen molar-refractivity contribution in [2.24, 2.45) is 0 Å². The van der Waals surface area contributed by atoms with Crippen molar-refractivity contribution in [3.8, 4) is 17.6 Å². The number of benzene rings is 2. The van der Waals surface area contributed by atoms with E-state index in [0.717, 1.165) is 24.3 Å². The number of fused-ring (bicyclic) bond motifs is 1. The highest BCUT2D eigenvalue weighted by molar-refractivity contribution is 6.33. The van der Waals surface area contributed by atoms with E-state index in [4.69, 9.17) is 21.1 Å². The Labute approximate surface area is 188 Å². The van der Waals surface area contributed by atoms with E-state index < -0.39 is 65.5 Å². The highest BCUT2D eigenvalue weighted by Crippen LogP contribution is 2.43. The Morgan fingerprint density at radius 3 is 2.52 bits per heavy atom. The molecule has 13 heteroatoms. The van der Waals surface area contributed by atoms with Crippen LogP contribution in [0.4, 0.5) is 22.0 Å². The molecular weight excluding hydrogens is 479 g/mol. The van der Waals surface area contributed by atoms with Crippen molar-refractivity contribution < 1.29 is 46.1 Å². The lowest BCUT2D eigenvalue weighted by Gasteiger charge is -2.24. The number of ether oxygens (including phenoxy) is 3. The van der Waals surface area contributed by atoms with Crippen LogP contribution >= 0.6 is 11.6 Å². The largest absolute Gasteiger partial charge is 0.573 e. The number of carbonyl (C=O) groups is 1. The first kappa shape index (κ1) is 24.5. The van der Waals surface area contributed by atoms with Gasteiger partial charge in [0.25, 0.3) is 5.91 Å². The Morgan fingerprint density at radius 2 is 1.94 bits per heavy atom. The Balaban J connectivity index is 1.75. The van der Waals surface area contributed by atoms with E-state index in [0.29, 0.717) is 0 Å². The fourth-order valence-electron chi connectivity index (χ4n) is 2.92. The Kier molecular flexibility index (Phi) is 6.69. The lowest BCUT2D eigenvalue weighted by molar-refractivity contribution is -0.274. The summed E-state index contributed by atoms with van der Waals surface area (Å²) < 4.78 is 79.1. The zero-order valence-electron chi connectivity index (χ0n) is 16.6. The van der Waals surface area contributed by atoms with Crippen LogP contribution in [0, 0.1) is 23.0 Å². The molecule has 0 aliphatic carbocycles. The maximum atomic E-state index is 14.4. The minimum absolute atomic E-state index is 0.112. The molecule has 0 saturated heterocycles. The number of carbonyl (C=O) groups excluding carboxylic acids is 1. The second-order valence-corrected chi connectivity index (χ2v) is 7.46. The Bertz CT molecular complexity index is 1120. The van der Waals surface area contributed by atoms with Crippen LogP contribution in [-0.4, -0.2) is 29.5 Å². The molecule has 33 heavy (non-hydrogen) atoms. The summed E-state index contributed by atoms with van der Waals surface area (Å²) in [6.45, 7) is 0.105. The fraction of sp³-hybridized carbons (Fsp3) is 0.300. The van der Waals surface area contributed by atoms with Gasteiger partial charge < -0.3 is 24.6 Å². The van der Waals surface area contributed by atoms with Gasteiger partial charge in [0.05, 0.1) is 17.7 Å². The summed E-state index contributed by atoms with van der Waals surface area (Å²) >= 11 is 6.03. The van der Waals surface area contributed by atoms with Gasteiger partial charge in [0.1, 0.15) is 12.4 Å². The molecule has 2 aromatic carbocycles. The molecule has 2 N–H and O–H groups in total. The van der Waals surface area contributed by atoms with E-state index >= 15 is 0 Å². The van der Waals surface area contributed by atoms with Gasteiger partial charge in [0, 0.05) is 16.7 Å². The average molecular weight is 493 g/mol. The Morgan fingerprint density at radius 1 is 1.30 bits per heavy atom. The second kappa shape index (κ2) is 9.01. The van der Waals surface area contributed by atoms with E-state index in [1.54, 1.807) is 6.07 Å². The van der Waals surface area contributed by atoms with Crippen molar-refractivity contribution >= 4 is 17.5 Å². The summed E-state index contributed by atoms with van der Waals surface area (Å²) in [5.74, 6) is -5.02. The van der Waals surface area contributed by atoms with E-state index in [1.165, 1.54) is 6.92 Å². The normalized spacial score (nSPS) is 17.0. The lowest BCUT2D eigenvalue weighted by Crippen LogP contribution is -2.49. The summed E-state index contributed by atoms with van der Waals surface area (Å²) in [4.78, 5) is 12.4. The molecule has 2 atom stereocenters. The molecular formula is C20H14ClF5N2O5. The number of halogens is 6. The van der Waals surface area contributed by atoms with Crippen molar-refractivity contribution in [1.29, 1.82) is 5.26 Å². The van der Waals surface area contributed by atoms with E-state index in [-0.39, 0.29) is 16.7 Å². The molecule has 1 amide bonds. The molecule has 0 saturated carbocycles. The van der Waals surface area contributed by atoms with Crippen LogP contribution in [0.3, 0.4) is 0 Å². The lowest BCUT2D eigenvalue weighted by atomic mass is 10.0. The topological polar surface area (TPSA) is 101 Å². The summed E-state index contributed by atoms with van der Waals surface area (Å²) in [5.41, 5.74) is -2.39. The smallest absolute Gasteiger partial charge is 0.485 e. The minimum Gasteiger partial charge on any atom is -0.485 e. The summed E-state index contributed by atoms with van der Waals surface area (Å²) in [5, 5.41) is 21.1. The van der Waals surface area contributed by atoms with Crippen molar-refractivity contribution in [2.75, 3.05) is 6.61 Å². The van der Waals surface area contributed by atoms with E-state index in [2.05, 4.69) is 10.1 Å². The van der Waals surface area contributed by atoms with Gasteiger partial charge in [-0.15, -0.1) is 13.2 Å². The first-order valence-corrected chi connectivity index (χ1v) is 9.44. The van der Waals surface area contributed by atoms with Gasteiger partial charge in [-0.3, -0.25) is 4.79 Å². The van der Waals surface area contributed by atoms with Crippen molar-refractivity contribution in [2.45, 2.75) is 31.7 Å². The molecule has 0 radical (unpaired) electrons. The number of aliphatic hydroxyl groups is 1. The summed E-state index contributed by atoms with van der Waals surface area (Å²) in [6.07, 6.45) is -6.51. The number of alkyl halides is 3. The van der Waals surface area contributed by atoms with Gasteiger partial charge in [-0.2, -0.15) is 9.65 Å². The zero-order chi connectivity index (χ0) is 24.6. The SMILES string of the molecule is CC(C#N)(COc1c(F)c(F)c2c(c1Cl)C(O)OC2)NC(=O)c1ccc(OC(F)(F)F)cc1. The van der Waals surface area contributed by atoms with Gasteiger partial charge in [0.2, 0.25) is 5.82 Å². The predicted molar refractivity (Wildman–Crippen MR) is 101 cm³/mol. The third-order valence-electron chi connectivity index (χ3n) is 4.54. The molecule has 0 aromatic heterocycles. The number of nitrogens with one attached hydrogen (secondary N) is 1. The van der Waals surface area contributed by atoms with Crippen LogP contribution in [0.1, 0.15) is 34.7 Å². The Hall–Kier alpha value is -3.14. The number of aliphatic hydroxyl groups excluding tert-OH is 1. The third-order valence-corrected chi connectivity index (χ3v) is 4.92. The quantitative estimate of drug-likeness (QED) is 0.464. The molecule has 1 aliphatic rings. The maximum absolute atomic E-state index is 14.4. The van der Waals surface area contributed by atoms with Crippen LogP contribution in [0.5, 0.6) is 11.5 Å².